The minimum Gasteiger partial charge on any atom is -0.497 e. The molecule has 2 aromatic carbocycles. The molecule has 0 aliphatic heterocycles. The lowest BCUT2D eigenvalue weighted by Crippen LogP contribution is -2.08. The molecule has 0 saturated heterocycles. The Bertz CT molecular complexity index is 837. The summed E-state index contributed by atoms with van der Waals surface area (Å²) in [5, 5.41) is 0. The molecule has 0 bridgehead atoms. The van der Waals surface area contributed by atoms with E-state index < -0.39 is 0 Å². The minimum atomic E-state index is 0.537. The molecular formula is C28H36O4. The van der Waals surface area contributed by atoms with Crippen molar-refractivity contribution in [2.75, 3.05) is 27.4 Å². The van der Waals surface area contributed by atoms with E-state index in [4.69, 9.17) is 18.9 Å². The molecule has 1 aliphatic carbocycles. The van der Waals surface area contributed by atoms with Crippen LogP contribution in [0.5, 0.6) is 11.5 Å². The summed E-state index contributed by atoms with van der Waals surface area (Å²) < 4.78 is 22.3. The van der Waals surface area contributed by atoms with Crippen LogP contribution in [-0.4, -0.2) is 27.4 Å². The summed E-state index contributed by atoms with van der Waals surface area (Å²) in [5.74, 6) is 2.28. The van der Waals surface area contributed by atoms with Crippen molar-refractivity contribution in [3.8, 4) is 11.5 Å². The first-order valence-electron chi connectivity index (χ1n) is 11.6. The third-order valence-electron chi connectivity index (χ3n) is 5.79. The monoisotopic (exact) mass is 436 g/mol. The topological polar surface area (TPSA) is 36.9 Å². The highest BCUT2D eigenvalue weighted by Gasteiger charge is 2.13. The summed E-state index contributed by atoms with van der Waals surface area (Å²) in [6.45, 7) is 2.71. The van der Waals surface area contributed by atoms with E-state index in [1.54, 1.807) is 14.2 Å². The zero-order valence-corrected chi connectivity index (χ0v) is 19.4. The van der Waals surface area contributed by atoms with Gasteiger partial charge in [0.1, 0.15) is 11.5 Å². The average Bonchev–Trinajstić information content (AvgIpc) is 2.86. The molecule has 2 aromatic rings. The van der Waals surface area contributed by atoms with E-state index in [0.717, 1.165) is 43.1 Å². The molecule has 0 saturated carbocycles. The molecule has 32 heavy (non-hydrogen) atoms. The predicted octanol–water partition coefficient (Wildman–Crippen LogP) is 6.50. The fraction of sp³-hybridized carbons (Fsp3) is 0.429. The largest absolute Gasteiger partial charge is 0.497 e. The van der Waals surface area contributed by atoms with E-state index in [2.05, 4.69) is 30.4 Å². The van der Waals surface area contributed by atoms with Crippen molar-refractivity contribution in [3.63, 3.8) is 0 Å². The molecule has 0 N–H and O–H groups in total. The Kier molecular flexibility index (Phi) is 10.4. The van der Waals surface area contributed by atoms with Gasteiger partial charge < -0.3 is 18.9 Å². The van der Waals surface area contributed by atoms with Crippen molar-refractivity contribution in [2.24, 2.45) is 5.92 Å². The summed E-state index contributed by atoms with van der Waals surface area (Å²) in [4.78, 5) is 0. The summed E-state index contributed by atoms with van der Waals surface area (Å²) in [6, 6.07) is 16.1. The quantitative estimate of drug-likeness (QED) is 0.265. The van der Waals surface area contributed by atoms with Crippen molar-refractivity contribution < 1.29 is 18.9 Å². The van der Waals surface area contributed by atoms with E-state index >= 15 is 0 Å². The highest BCUT2D eigenvalue weighted by Crippen LogP contribution is 2.27. The second-order valence-electron chi connectivity index (χ2n) is 8.08. The predicted molar refractivity (Wildman–Crippen MR) is 129 cm³/mol. The number of allylic oxidation sites excluding steroid dienone is 2. The second-order valence-corrected chi connectivity index (χ2v) is 8.08. The summed E-state index contributed by atoms with van der Waals surface area (Å²) >= 11 is 0. The first kappa shape index (κ1) is 24.1. The van der Waals surface area contributed by atoms with Gasteiger partial charge in [-0.2, -0.15) is 0 Å². The Morgan fingerprint density at radius 3 is 1.97 bits per heavy atom. The normalized spacial score (nSPS) is 16.2. The zero-order valence-electron chi connectivity index (χ0n) is 19.4. The highest BCUT2D eigenvalue weighted by molar-refractivity contribution is 5.27. The van der Waals surface area contributed by atoms with Gasteiger partial charge in [0.05, 0.1) is 40.6 Å². The Labute approximate surface area is 192 Å². The van der Waals surface area contributed by atoms with Crippen molar-refractivity contribution in [1.82, 2.24) is 0 Å². The lowest BCUT2D eigenvalue weighted by Gasteiger charge is -2.20. The van der Waals surface area contributed by atoms with Crippen LogP contribution in [0.4, 0.5) is 0 Å². The Morgan fingerprint density at radius 1 is 0.844 bits per heavy atom. The van der Waals surface area contributed by atoms with Crippen molar-refractivity contribution >= 4 is 0 Å². The van der Waals surface area contributed by atoms with E-state index in [9.17, 15) is 0 Å². The standard InChI is InChI=1S/C28H36O4/c1-29-27-14-10-23(11-15-27)21-31-19-6-9-26(25-7-4-3-5-8-25)18-20-32-22-24-12-16-28(30-2)17-13-24/h4,7,9-17,25H,3,5-6,8,18-22H2,1-2H3/b26-9+/t25-/m1/s1. The molecule has 0 heterocycles. The van der Waals surface area contributed by atoms with Gasteiger partial charge >= 0.3 is 0 Å². The average molecular weight is 437 g/mol. The van der Waals surface area contributed by atoms with E-state index in [-0.39, 0.29) is 0 Å². The molecule has 1 atom stereocenters. The van der Waals surface area contributed by atoms with Crippen LogP contribution in [0.2, 0.25) is 0 Å². The maximum Gasteiger partial charge on any atom is 0.118 e. The lowest BCUT2D eigenvalue weighted by molar-refractivity contribution is 0.120. The number of methoxy groups -OCH3 is 2. The van der Waals surface area contributed by atoms with Crippen LogP contribution in [0.25, 0.3) is 0 Å². The number of benzene rings is 2. The molecule has 0 fully saturated rings. The maximum atomic E-state index is 5.97. The lowest BCUT2D eigenvalue weighted by atomic mass is 9.87. The second kappa shape index (κ2) is 13.8. The fourth-order valence-corrected chi connectivity index (χ4v) is 3.90. The number of ether oxygens (including phenoxy) is 4. The molecule has 172 valence electrons. The van der Waals surface area contributed by atoms with Gasteiger partial charge in [0.25, 0.3) is 0 Å². The molecule has 0 aromatic heterocycles. The van der Waals surface area contributed by atoms with Crippen LogP contribution in [0.15, 0.2) is 72.3 Å². The SMILES string of the molecule is COc1ccc(COCC/C=C(\CCOCc2ccc(OC)cc2)[C@@H]2C=CCCC2)cc1. The van der Waals surface area contributed by atoms with Gasteiger partial charge in [-0.15, -0.1) is 0 Å². The number of rotatable bonds is 13. The third kappa shape index (κ3) is 8.18. The Hall–Kier alpha value is -2.56. The summed E-state index contributed by atoms with van der Waals surface area (Å²) in [6.07, 6.45) is 12.6. The van der Waals surface area contributed by atoms with Gasteiger partial charge in [-0.25, -0.2) is 0 Å². The van der Waals surface area contributed by atoms with E-state index in [1.165, 1.54) is 30.4 Å². The smallest absolute Gasteiger partial charge is 0.118 e. The molecule has 1 aliphatic rings. The van der Waals surface area contributed by atoms with Crippen LogP contribution in [-0.2, 0) is 22.7 Å². The molecule has 0 radical (unpaired) electrons. The third-order valence-corrected chi connectivity index (χ3v) is 5.79. The Balaban J connectivity index is 1.43. The number of hydrogen-bond donors (Lipinski definition) is 0. The Morgan fingerprint density at radius 2 is 1.44 bits per heavy atom. The molecule has 3 rings (SSSR count). The van der Waals surface area contributed by atoms with Gasteiger partial charge in [0.2, 0.25) is 0 Å². The fourth-order valence-electron chi connectivity index (χ4n) is 3.90. The molecule has 0 amide bonds. The van der Waals surface area contributed by atoms with Crippen LogP contribution in [0, 0.1) is 5.92 Å². The first-order valence-corrected chi connectivity index (χ1v) is 11.6. The van der Waals surface area contributed by atoms with Crippen molar-refractivity contribution in [1.29, 1.82) is 0 Å². The van der Waals surface area contributed by atoms with Crippen molar-refractivity contribution in [3.05, 3.63) is 83.5 Å². The van der Waals surface area contributed by atoms with Crippen LogP contribution in [0.3, 0.4) is 0 Å². The van der Waals surface area contributed by atoms with Gasteiger partial charge in [0.15, 0.2) is 0 Å². The van der Waals surface area contributed by atoms with Gasteiger partial charge in [-0.3, -0.25) is 0 Å². The number of hydrogen-bond acceptors (Lipinski definition) is 4. The summed E-state index contributed by atoms with van der Waals surface area (Å²) in [7, 11) is 3.37. The highest BCUT2D eigenvalue weighted by atomic mass is 16.5. The van der Waals surface area contributed by atoms with Gasteiger partial charge in [-0.05, 0) is 73.4 Å². The van der Waals surface area contributed by atoms with Crippen LogP contribution in [0.1, 0.15) is 43.2 Å². The molecular weight excluding hydrogens is 400 g/mol. The molecule has 0 spiro atoms. The minimum absolute atomic E-state index is 0.537. The summed E-state index contributed by atoms with van der Waals surface area (Å²) in [5.41, 5.74) is 3.81. The molecule has 0 unspecified atom stereocenters. The zero-order chi connectivity index (χ0) is 22.4. The van der Waals surface area contributed by atoms with Crippen LogP contribution >= 0.6 is 0 Å². The molecule has 4 nitrogen and oxygen atoms in total. The van der Waals surface area contributed by atoms with Crippen LogP contribution < -0.4 is 9.47 Å². The van der Waals surface area contributed by atoms with E-state index in [1.807, 2.05) is 36.4 Å². The maximum absolute atomic E-state index is 5.97. The van der Waals surface area contributed by atoms with E-state index in [0.29, 0.717) is 19.1 Å². The molecule has 4 heteroatoms. The van der Waals surface area contributed by atoms with Gasteiger partial charge in [0, 0.05) is 0 Å². The first-order chi connectivity index (χ1) is 15.8. The van der Waals surface area contributed by atoms with Gasteiger partial charge in [-0.1, -0.05) is 48.1 Å². The van der Waals surface area contributed by atoms with Crippen molar-refractivity contribution in [2.45, 2.75) is 45.3 Å².